The van der Waals surface area contributed by atoms with Gasteiger partial charge in [0.15, 0.2) is 0 Å². The van der Waals surface area contributed by atoms with Crippen LogP contribution in [0.25, 0.3) is 0 Å². The predicted molar refractivity (Wildman–Crippen MR) is 123 cm³/mol. The molecule has 1 aromatic carbocycles. The number of nitrogens with one attached hydrogen (secondary N) is 1. The van der Waals surface area contributed by atoms with Gasteiger partial charge in [-0.3, -0.25) is 10.1 Å². The van der Waals surface area contributed by atoms with Crippen LogP contribution in [0.1, 0.15) is 52.5 Å². The fourth-order valence-corrected chi connectivity index (χ4v) is 2.36. The van der Waals surface area contributed by atoms with Crippen LogP contribution in [-0.4, -0.2) is 57.1 Å². The summed E-state index contributed by atoms with van der Waals surface area (Å²) < 4.78 is 0. The molecule has 0 aliphatic carbocycles. The maximum absolute atomic E-state index is 11.0. The third-order valence-electron chi connectivity index (χ3n) is 3.89. The van der Waals surface area contributed by atoms with Crippen LogP contribution in [0, 0.1) is 28.9 Å². The number of alkyl halides is 1. The van der Waals surface area contributed by atoms with E-state index in [0.717, 1.165) is 23.2 Å². The minimum Gasteiger partial charge on any atom is -0.392 e. The van der Waals surface area contributed by atoms with Gasteiger partial charge in [0.1, 0.15) is 5.69 Å². The fraction of sp³-hybridized carbons (Fsp3) is 0.700. The van der Waals surface area contributed by atoms with Gasteiger partial charge in [-0.2, -0.15) is 0 Å². The normalized spacial score (nSPS) is 12.6. The summed E-state index contributed by atoms with van der Waals surface area (Å²) in [5.41, 5.74) is 7.54. The first kappa shape index (κ1) is 29.8. The Hall–Kier alpha value is -0.414. The molecule has 0 aliphatic rings. The van der Waals surface area contributed by atoms with E-state index in [1.807, 2.05) is 20.8 Å². The molecule has 2 unspecified atom stereocenters. The minimum atomic E-state index is -0.492. The van der Waals surface area contributed by atoms with E-state index in [-0.39, 0.29) is 39.7 Å². The van der Waals surface area contributed by atoms with Gasteiger partial charge in [-0.15, -0.1) is 0 Å². The third-order valence-corrected chi connectivity index (χ3v) is 5.19. The van der Waals surface area contributed by atoms with Crippen LogP contribution < -0.4 is 11.1 Å². The molecule has 28 heavy (non-hydrogen) atoms. The second-order valence-electron chi connectivity index (χ2n) is 7.76. The van der Waals surface area contributed by atoms with Gasteiger partial charge in [0.05, 0.1) is 11.0 Å². The second kappa shape index (κ2) is 16.4. The molecular formula is C20H36BrMgN3O3+2. The largest absolute Gasteiger partial charge is 2.00 e. The molecule has 0 saturated carbocycles. The smallest absolute Gasteiger partial charge is 0.392 e. The van der Waals surface area contributed by atoms with Crippen molar-refractivity contribution in [3.8, 4) is 0 Å². The number of hydrogen-bond donors (Lipinski definition) is 3. The van der Waals surface area contributed by atoms with Crippen molar-refractivity contribution in [3.63, 3.8) is 0 Å². The molecule has 0 heterocycles. The molecule has 8 heteroatoms. The van der Waals surface area contributed by atoms with Gasteiger partial charge < -0.3 is 16.2 Å². The van der Waals surface area contributed by atoms with E-state index in [4.69, 9.17) is 5.73 Å². The molecular weight excluding hydrogens is 434 g/mol. The van der Waals surface area contributed by atoms with Crippen LogP contribution in [0.3, 0.4) is 0 Å². The predicted octanol–water partition coefficient (Wildman–Crippen LogP) is 4.49. The Labute approximate surface area is 194 Å². The Kier molecular flexibility index (Phi) is 17.4. The van der Waals surface area contributed by atoms with Crippen LogP contribution in [0.5, 0.6) is 0 Å². The average molecular weight is 471 g/mol. The Bertz CT molecular complexity index is 559. The molecule has 0 aliphatic heterocycles. The van der Waals surface area contributed by atoms with E-state index < -0.39 is 6.10 Å². The first-order chi connectivity index (χ1) is 12.6. The van der Waals surface area contributed by atoms with Crippen molar-refractivity contribution in [1.29, 1.82) is 0 Å². The van der Waals surface area contributed by atoms with Crippen molar-refractivity contribution in [2.24, 2.45) is 17.6 Å². The topological polar surface area (TPSA) is 101 Å². The van der Waals surface area contributed by atoms with Gasteiger partial charge in [0, 0.05) is 24.0 Å². The van der Waals surface area contributed by atoms with Crippen LogP contribution in [-0.2, 0) is 0 Å². The molecule has 0 fully saturated rings. The monoisotopic (exact) mass is 469 g/mol. The number of aliphatic hydroxyl groups is 1. The van der Waals surface area contributed by atoms with Gasteiger partial charge in [-0.1, -0.05) is 49.7 Å². The fourth-order valence-electron chi connectivity index (χ4n) is 2.36. The van der Waals surface area contributed by atoms with Crippen LogP contribution in [0.15, 0.2) is 18.2 Å². The zero-order valence-corrected chi connectivity index (χ0v) is 21.0. The van der Waals surface area contributed by atoms with E-state index in [0.29, 0.717) is 31.0 Å². The number of aliphatic hydroxyl groups excluding tert-OH is 1. The average Bonchev–Trinajstić information content (AvgIpc) is 2.58. The summed E-state index contributed by atoms with van der Waals surface area (Å²) in [6, 6.07) is 4.75. The first-order valence-corrected chi connectivity index (χ1v) is 10.7. The molecule has 0 spiro atoms. The Morgan fingerprint density at radius 1 is 1.25 bits per heavy atom. The number of nitrogens with zero attached hydrogens (tertiary/aromatic N) is 1. The van der Waals surface area contributed by atoms with Crippen molar-refractivity contribution in [2.45, 2.75) is 66.0 Å². The number of aryl methyl sites for hydroxylation is 1. The van der Waals surface area contributed by atoms with E-state index >= 15 is 0 Å². The number of halogens is 1. The third kappa shape index (κ3) is 13.7. The van der Waals surface area contributed by atoms with Gasteiger partial charge in [-0.05, 0) is 49.7 Å². The van der Waals surface area contributed by atoms with Crippen molar-refractivity contribution in [2.75, 3.05) is 17.2 Å². The first-order valence-electron chi connectivity index (χ1n) is 9.56. The quantitative estimate of drug-likeness (QED) is 0.154. The van der Waals surface area contributed by atoms with Crippen molar-refractivity contribution < 1.29 is 10.0 Å². The molecule has 1 rings (SSSR count). The summed E-state index contributed by atoms with van der Waals surface area (Å²) in [5.74, 6) is 1.21. The van der Waals surface area contributed by atoms with E-state index in [9.17, 15) is 15.2 Å². The maximum Gasteiger partial charge on any atom is 2.00 e. The number of benzene rings is 1. The van der Waals surface area contributed by atoms with Crippen LogP contribution in [0.2, 0.25) is 0 Å². The molecule has 4 N–H and O–H groups in total. The number of anilines is 1. The SMILES string of the molecule is CC(C)CBr.Cc1ccc([N+](=O)[O-])c(NCCCC(N)C(O)CC(C)C)c1.[Mg+2]. The van der Waals surface area contributed by atoms with E-state index in [1.165, 1.54) is 6.07 Å². The molecule has 0 amide bonds. The van der Waals surface area contributed by atoms with Crippen LogP contribution >= 0.6 is 15.9 Å². The minimum absolute atomic E-state index is 0. The molecule has 0 saturated heterocycles. The van der Waals surface area contributed by atoms with Gasteiger partial charge in [0.2, 0.25) is 0 Å². The van der Waals surface area contributed by atoms with Crippen LogP contribution in [0.4, 0.5) is 11.4 Å². The van der Waals surface area contributed by atoms with Crippen molar-refractivity contribution in [3.05, 3.63) is 33.9 Å². The van der Waals surface area contributed by atoms with Crippen molar-refractivity contribution in [1.82, 2.24) is 0 Å². The summed E-state index contributed by atoms with van der Waals surface area (Å²) in [5, 5.41) is 25.1. The summed E-state index contributed by atoms with van der Waals surface area (Å²) in [7, 11) is 0. The van der Waals surface area contributed by atoms with Gasteiger partial charge >= 0.3 is 23.1 Å². The Morgan fingerprint density at radius 2 is 1.82 bits per heavy atom. The van der Waals surface area contributed by atoms with Gasteiger partial charge in [-0.25, -0.2) is 0 Å². The Balaban J connectivity index is 0. The molecule has 6 nitrogen and oxygen atoms in total. The van der Waals surface area contributed by atoms with E-state index in [2.05, 4.69) is 35.1 Å². The molecule has 0 aromatic heterocycles. The molecule has 0 radical (unpaired) electrons. The molecule has 2 atom stereocenters. The Morgan fingerprint density at radius 3 is 2.29 bits per heavy atom. The molecule has 156 valence electrons. The molecule has 1 aromatic rings. The number of rotatable bonds is 10. The zero-order valence-electron chi connectivity index (χ0n) is 18.0. The summed E-state index contributed by atoms with van der Waals surface area (Å²) in [4.78, 5) is 10.6. The van der Waals surface area contributed by atoms with Crippen molar-refractivity contribution >= 4 is 50.4 Å². The summed E-state index contributed by atoms with van der Waals surface area (Å²) in [6.45, 7) is 10.9. The number of nitro benzene ring substituents is 1. The summed E-state index contributed by atoms with van der Waals surface area (Å²) >= 11 is 3.31. The summed E-state index contributed by atoms with van der Waals surface area (Å²) in [6.07, 6.45) is 1.63. The zero-order chi connectivity index (χ0) is 21.0. The maximum atomic E-state index is 11.0. The van der Waals surface area contributed by atoms with Gasteiger partial charge in [0.25, 0.3) is 5.69 Å². The van der Waals surface area contributed by atoms with E-state index in [1.54, 1.807) is 12.1 Å². The second-order valence-corrected chi connectivity index (χ2v) is 8.40. The number of hydrogen-bond acceptors (Lipinski definition) is 5. The standard InChI is InChI=1S/C16H27N3O3.C4H9Br.Mg/c1-11(2)9-16(20)13(17)5-4-8-18-14-10-12(3)6-7-15(14)19(21)22;1-4(2)3-5;/h6-7,10-11,13,16,18,20H,4-5,8-9,17H2,1-3H3;4H,3H2,1-2H3;/q;;+2. The molecule has 0 bridgehead atoms. The number of nitrogens with two attached hydrogens (primary N) is 1. The number of nitro groups is 1.